The molecule has 0 saturated carbocycles. The number of hydrogen-bond donors (Lipinski definition) is 2. The average Bonchev–Trinajstić information content (AvgIpc) is 2.68. The van der Waals surface area contributed by atoms with Gasteiger partial charge in [0.05, 0.1) is 12.0 Å². The van der Waals surface area contributed by atoms with Crippen molar-refractivity contribution in [2.75, 3.05) is 5.32 Å². The molecule has 88 valence electrons. The molecular formula is C11H9BrFN3O. The number of imidazole rings is 1. The summed E-state index contributed by atoms with van der Waals surface area (Å²) in [4.78, 5) is 18.4. The number of halogens is 2. The van der Waals surface area contributed by atoms with Gasteiger partial charge in [-0.25, -0.2) is 9.37 Å². The molecule has 17 heavy (non-hydrogen) atoms. The summed E-state index contributed by atoms with van der Waals surface area (Å²) in [5.74, 6) is -0.939. The Kier molecular flexibility index (Phi) is 3.23. The first kappa shape index (κ1) is 11.8. The molecule has 0 atom stereocenters. The number of amides is 1. The number of carbonyl (C=O) groups excluding carboxylic acids is 1. The van der Waals surface area contributed by atoms with Crippen molar-refractivity contribution in [2.24, 2.45) is 0 Å². The molecule has 0 radical (unpaired) electrons. The van der Waals surface area contributed by atoms with Crippen molar-refractivity contribution in [1.29, 1.82) is 0 Å². The second kappa shape index (κ2) is 4.67. The lowest BCUT2D eigenvalue weighted by atomic mass is 10.2. The fourth-order valence-corrected chi connectivity index (χ4v) is 1.69. The molecule has 2 aromatic rings. The van der Waals surface area contributed by atoms with Gasteiger partial charge >= 0.3 is 0 Å². The smallest absolute Gasteiger partial charge is 0.276 e. The van der Waals surface area contributed by atoms with Crippen molar-refractivity contribution < 1.29 is 9.18 Å². The Bertz CT molecular complexity index is 568. The number of aromatic nitrogens is 2. The first-order valence-electron chi connectivity index (χ1n) is 4.84. The van der Waals surface area contributed by atoms with E-state index in [9.17, 15) is 9.18 Å². The van der Waals surface area contributed by atoms with Crippen LogP contribution in [0.2, 0.25) is 0 Å². The SMILES string of the molecule is Cc1[nH]cnc1C(=O)Nc1ccc(Br)cc1F. The molecule has 2 N–H and O–H groups in total. The predicted molar refractivity (Wildman–Crippen MR) is 65.4 cm³/mol. The Balaban J connectivity index is 2.22. The van der Waals surface area contributed by atoms with Gasteiger partial charge in [-0.05, 0) is 25.1 Å². The Labute approximate surface area is 105 Å². The van der Waals surface area contributed by atoms with Gasteiger partial charge in [0, 0.05) is 10.2 Å². The van der Waals surface area contributed by atoms with Gasteiger partial charge in [-0.2, -0.15) is 0 Å². The van der Waals surface area contributed by atoms with Gasteiger partial charge < -0.3 is 10.3 Å². The molecule has 4 nitrogen and oxygen atoms in total. The number of rotatable bonds is 2. The van der Waals surface area contributed by atoms with Crippen LogP contribution in [-0.2, 0) is 0 Å². The van der Waals surface area contributed by atoms with Crippen LogP contribution >= 0.6 is 15.9 Å². The molecule has 0 unspecified atom stereocenters. The molecule has 2 rings (SSSR count). The lowest BCUT2D eigenvalue weighted by Gasteiger charge is -2.05. The summed E-state index contributed by atoms with van der Waals surface area (Å²) in [5, 5.41) is 2.46. The van der Waals surface area contributed by atoms with Crippen molar-refractivity contribution in [1.82, 2.24) is 9.97 Å². The van der Waals surface area contributed by atoms with E-state index in [1.165, 1.54) is 18.5 Å². The molecule has 0 aliphatic rings. The summed E-state index contributed by atoms with van der Waals surface area (Å²) in [5.41, 5.74) is 1.02. The molecule has 0 spiro atoms. The largest absolute Gasteiger partial charge is 0.348 e. The van der Waals surface area contributed by atoms with E-state index in [-0.39, 0.29) is 11.4 Å². The van der Waals surface area contributed by atoms with Crippen molar-refractivity contribution in [2.45, 2.75) is 6.92 Å². The van der Waals surface area contributed by atoms with Gasteiger partial charge in [-0.3, -0.25) is 4.79 Å². The lowest BCUT2D eigenvalue weighted by Crippen LogP contribution is -2.14. The van der Waals surface area contributed by atoms with Crippen LogP contribution in [-0.4, -0.2) is 15.9 Å². The third-order valence-corrected chi connectivity index (χ3v) is 2.72. The summed E-state index contributed by atoms with van der Waals surface area (Å²) in [6.07, 6.45) is 1.42. The molecule has 1 aromatic heterocycles. The maximum Gasteiger partial charge on any atom is 0.276 e. The van der Waals surface area contributed by atoms with Crippen LogP contribution in [0.3, 0.4) is 0 Å². The number of benzene rings is 1. The minimum atomic E-state index is -0.499. The molecule has 0 bridgehead atoms. The van der Waals surface area contributed by atoms with Gasteiger partial charge in [-0.1, -0.05) is 15.9 Å². The molecule has 1 amide bonds. The summed E-state index contributed by atoms with van der Waals surface area (Å²) in [6.45, 7) is 1.72. The molecule has 0 fully saturated rings. The lowest BCUT2D eigenvalue weighted by molar-refractivity contribution is 0.102. The van der Waals surface area contributed by atoms with Gasteiger partial charge in [0.1, 0.15) is 11.5 Å². The number of carbonyl (C=O) groups is 1. The van der Waals surface area contributed by atoms with E-state index in [1.807, 2.05) is 0 Å². The monoisotopic (exact) mass is 297 g/mol. The minimum Gasteiger partial charge on any atom is -0.348 e. The fraction of sp³-hybridized carbons (Fsp3) is 0.0909. The Morgan fingerprint density at radius 1 is 1.53 bits per heavy atom. The topological polar surface area (TPSA) is 57.8 Å². The van der Waals surface area contributed by atoms with Crippen LogP contribution in [0.4, 0.5) is 10.1 Å². The fourth-order valence-electron chi connectivity index (χ4n) is 1.36. The standard InChI is InChI=1S/C11H9BrFN3O/c1-6-10(15-5-14-6)11(17)16-9-3-2-7(12)4-8(9)13/h2-5H,1H3,(H,14,15)(H,16,17). The van der Waals surface area contributed by atoms with Crippen LogP contribution < -0.4 is 5.32 Å². The quantitative estimate of drug-likeness (QED) is 0.895. The number of nitrogens with one attached hydrogen (secondary N) is 2. The average molecular weight is 298 g/mol. The molecule has 0 aliphatic heterocycles. The van der Waals surface area contributed by atoms with Crippen LogP contribution in [0.25, 0.3) is 0 Å². The summed E-state index contributed by atoms with van der Waals surface area (Å²) < 4.78 is 14.1. The first-order chi connectivity index (χ1) is 8.08. The van der Waals surface area contributed by atoms with E-state index >= 15 is 0 Å². The Morgan fingerprint density at radius 2 is 2.29 bits per heavy atom. The summed E-state index contributed by atoms with van der Waals surface area (Å²) >= 11 is 3.14. The Morgan fingerprint density at radius 3 is 2.88 bits per heavy atom. The zero-order chi connectivity index (χ0) is 12.4. The molecule has 1 aromatic carbocycles. The van der Waals surface area contributed by atoms with E-state index < -0.39 is 11.7 Å². The molecule has 6 heteroatoms. The van der Waals surface area contributed by atoms with Crippen molar-refractivity contribution in [3.63, 3.8) is 0 Å². The normalized spacial score (nSPS) is 10.3. The summed E-state index contributed by atoms with van der Waals surface area (Å²) in [7, 11) is 0. The zero-order valence-corrected chi connectivity index (χ0v) is 10.5. The number of nitrogens with zero attached hydrogens (tertiary/aromatic N) is 1. The van der Waals surface area contributed by atoms with Gasteiger partial charge in [-0.15, -0.1) is 0 Å². The second-order valence-electron chi connectivity index (χ2n) is 3.45. The third kappa shape index (κ3) is 2.52. The van der Waals surface area contributed by atoms with E-state index in [0.29, 0.717) is 10.2 Å². The maximum absolute atomic E-state index is 13.5. The van der Waals surface area contributed by atoms with Crippen molar-refractivity contribution in [3.8, 4) is 0 Å². The van der Waals surface area contributed by atoms with Crippen LogP contribution in [0.15, 0.2) is 29.0 Å². The Hall–Kier alpha value is -1.69. The number of aromatic amines is 1. The van der Waals surface area contributed by atoms with Gasteiger partial charge in [0.25, 0.3) is 5.91 Å². The molecule has 0 saturated heterocycles. The van der Waals surface area contributed by atoms with Crippen molar-refractivity contribution >= 4 is 27.5 Å². The highest BCUT2D eigenvalue weighted by Gasteiger charge is 2.13. The molecular weight excluding hydrogens is 289 g/mol. The van der Waals surface area contributed by atoms with Crippen LogP contribution in [0.5, 0.6) is 0 Å². The van der Waals surface area contributed by atoms with Crippen molar-refractivity contribution in [3.05, 3.63) is 46.2 Å². The molecule has 0 aliphatic carbocycles. The second-order valence-corrected chi connectivity index (χ2v) is 4.37. The van der Waals surface area contributed by atoms with E-state index in [4.69, 9.17) is 0 Å². The highest BCUT2D eigenvalue weighted by molar-refractivity contribution is 9.10. The molecule has 1 heterocycles. The summed E-state index contributed by atoms with van der Waals surface area (Å²) in [6, 6.07) is 4.42. The van der Waals surface area contributed by atoms with Crippen LogP contribution in [0, 0.1) is 12.7 Å². The number of hydrogen-bond acceptors (Lipinski definition) is 2. The van der Waals surface area contributed by atoms with Crippen LogP contribution in [0.1, 0.15) is 16.2 Å². The number of anilines is 1. The number of aryl methyl sites for hydroxylation is 1. The highest BCUT2D eigenvalue weighted by Crippen LogP contribution is 2.20. The van der Waals surface area contributed by atoms with Gasteiger partial charge in [0.15, 0.2) is 0 Å². The highest BCUT2D eigenvalue weighted by atomic mass is 79.9. The predicted octanol–water partition coefficient (Wildman–Crippen LogP) is 2.87. The third-order valence-electron chi connectivity index (χ3n) is 2.22. The van der Waals surface area contributed by atoms with E-state index in [2.05, 4.69) is 31.2 Å². The van der Waals surface area contributed by atoms with Gasteiger partial charge in [0.2, 0.25) is 0 Å². The maximum atomic E-state index is 13.5. The van der Waals surface area contributed by atoms with E-state index in [0.717, 1.165) is 0 Å². The van der Waals surface area contributed by atoms with E-state index in [1.54, 1.807) is 13.0 Å². The zero-order valence-electron chi connectivity index (χ0n) is 8.92. The number of H-pyrrole nitrogens is 1. The minimum absolute atomic E-state index is 0.126. The first-order valence-corrected chi connectivity index (χ1v) is 5.63.